The fourth-order valence-corrected chi connectivity index (χ4v) is 7.60. The van der Waals surface area contributed by atoms with Gasteiger partial charge in [0.25, 0.3) is 5.91 Å². The molecule has 0 N–H and O–H groups in total. The average molecular weight is 437 g/mol. The minimum Gasteiger partial charge on any atom is -0.341 e. The van der Waals surface area contributed by atoms with Gasteiger partial charge < -0.3 is 9.80 Å². The van der Waals surface area contributed by atoms with Gasteiger partial charge in [-0.15, -0.1) is 0 Å². The molecule has 0 spiro atoms. The maximum Gasteiger partial charge on any atom is 0.253 e. The van der Waals surface area contributed by atoms with E-state index in [-0.39, 0.29) is 11.3 Å². The molecule has 1 saturated heterocycles. The molecule has 1 aromatic rings. The van der Waals surface area contributed by atoms with Crippen LogP contribution in [-0.2, 0) is 10.2 Å². The summed E-state index contributed by atoms with van der Waals surface area (Å²) in [7, 11) is 0. The zero-order valence-electron chi connectivity index (χ0n) is 20.2. The van der Waals surface area contributed by atoms with Gasteiger partial charge in [0.15, 0.2) is 0 Å². The first-order valence-corrected chi connectivity index (χ1v) is 12.9. The van der Waals surface area contributed by atoms with Gasteiger partial charge in [-0.05, 0) is 91.2 Å². The number of amides is 2. The molecule has 0 atom stereocenters. The average Bonchev–Trinajstić information content (AvgIpc) is 2.98. The number of hydrogen-bond donors (Lipinski definition) is 0. The molecule has 0 radical (unpaired) electrons. The van der Waals surface area contributed by atoms with Gasteiger partial charge >= 0.3 is 0 Å². The first kappa shape index (κ1) is 22.0. The first-order valence-electron chi connectivity index (χ1n) is 12.9. The molecule has 2 amide bonds. The summed E-state index contributed by atoms with van der Waals surface area (Å²) in [5.41, 5.74) is 2.38. The molecule has 4 nitrogen and oxygen atoms in total. The van der Waals surface area contributed by atoms with Crippen molar-refractivity contribution in [2.75, 3.05) is 26.2 Å². The van der Waals surface area contributed by atoms with Crippen molar-refractivity contribution in [1.82, 2.24) is 9.80 Å². The Morgan fingerprint density at radius 1 is 0.844 bits per heavy atom. The van der Waals surface area contributed by atoms with Gasteiger partial charge in [-0.1, -0.05) is 32.9 Å². The summed E-state index contributed by atoms with van der Waals surface area (Å²) in [5, 5.41) is 0. The lowest BCUT2D eigenvalue weighted by Gasteiger charge is -2.57. The fraction of sp³-hybridized carbons (Fsp3) is 0.714. The number of hydrogen-bond acceptors (Lipinski definition) is 2. The van der Waals surface area contributed by atoms with E-state index in [2.05, 4.69) is 37.8 Å². The Labute approximate surface area is 193 Å². The van der Waals surface area contributed by atoms with E-state index in [4.69, 9.17) is 0 Å². The number of benzene rings is 1. The van der Waals surface area contributed by atoms with E-state index < -0.39 is 0 Å². The van der Waals surface area contributed by atoms with Crippen LogP contribution in [0.25, 0.3) is 0 Å². The van der Waals surface area contributed by atoms with Crippen LogP contribution in [0, 0.1) is 23.2 Å². The Hall–Kier alpha value is -1.84. The molecular weight excluding hydrogens is 396 g/mol. The molecule has 5 fully saturated rings. The second-order valence-electron chi connectivity index (χ2n) is 12.4. The first-order chi connectivity index (χ1) is 15.2. The Balaban J connectivity index is 1.19. The molecular formula is C28H40N2O2. The number of carbonyl (C=O) groups is 2. The highest BCUT2D eigenvalue weighted by Gasteiger charge is 2.51. The minimum atomic E-state index is 0.0851. The van der Waals surface area contributed by atoms with Crippen LogP contribution in [0.15, 0.2) is 24.3 Å². The Kier molecular flexibility index (Phi) is 5.62. The summed E-state index contributed by atoms with van der Waals surface area (Å²) >= 11 is 0. The molecule has 1 aliphatic heterocycles. The van der Waals surface area contributed by atoms with Gasteiger partial charge in [-0.3, -0.25) is 9.59 Å². The highest BCUT2D eigenvalue weighted by atomic mass is 16.2. The van der Waals surface area contributed by atoms with Crippen LogP contribution in [0.4, 0.5) is 0 Å². The van der Waals surface area contributed by atoms with E-state index in [1.165, 1.54) is 44.1 Å². The lowest BCUT2D eigenvalue weighted by atomic mass is 9.49. The Morgan fingerprint density at radius 2 is 1.38 bits per heavy atom. The van der Waals surface area contributed by atoms with E-state index in [0.717, 1.165) is 49.2 Å². The van der Waals surface area contributed by atoms with Crippen LogP contribution in [0.2, 0.25) is 0 Å². The van der Waals surface area contributed by atoms with Crippen LogP contribution >= 0.6 is 0 Å². The SMILES string of the molecule is CC(C)(C)c1ccc(C(=O)N2CCCN(C(=O)CC34CC5CC(CC(C5)C3)C4)CC2)cc1. The third kappa shape index (κ3) is 4.34. The third-order valence-electron chi connectivity index (χ3n) is 8.82. The van der Waals surface area contributed by atoms with Gasteiger partial charge in [0.05, 0.1) is 0 Å². The number of carbonyl (C=O) groups excluding carboxylic acids is 2. The van der Waals surface area contributed by atoms with Crippen molar-refractivity contribution in [2.45, 2.75) is 77.6 Å². The highest BCUT2D eigenvalue weighted by Crippen LogP contribution is 2.61. The van der Waals surface area contributed by atoms with Crippen LogP contribution in [0.5, 0.6) is 0 Å². The maximum absolute atomic E-state index is 13.3. The summed E-state index contributed by atoms with van der Waals surface area (Å²) in [6.45, 7) is 9.41. The molecule has 1 heterocycles. The van der Waals surface area contributed by atoms with E-state index in [9.17, 15) is 9.59 Å². The van der Waals surface area contributed by atoms with E-state index >= 15 is 0 Å². The summed E-state index contributed by atoms with van der Waals surface area (Å²) in [6, 6.07) is 8.08. The van der Waals surface area contributed by atoms with Gasteiger partial charge in [0.1, 0.15) is 0 Å². The molecule has 4 aliphatic carbocycles. The summed E-state index contributed by atoms with van der Waals surface area (Å²) < 4.78 is 0. The fourth-order valence-electron chi connectivity index (χ4n) is 7.60. The molecule has 5 aliphatic rings. The van der Waals surface area contributed by atoms with Crippen LogP contribution < -0.4 is 0 Å². The largest absolute Gasteiger partial charge is 0.341 e. The molecule has 32 heavy (non-hydrogen) atoms. The van der Waals surface area contributed by atoms with Crippen molar-refractivity contribution in [3.8, 4) is 0 Å². The Morgan fingerprint density at radius 3 is 1.94 bits per heavy atom. The quantitative estimate of drug-likeness (QED) is 0.648. The minimum absolute atomic E-state index is 0.0851. The van der Waals surface area contributed by atoms with Crippen molar-refractivity contribution in [3.63, 3.8) is 0 Å². The van der Waals surface area contributed by atoms with E-state index in [0.29, 0.717) is 24.4 Å². The standard InChI is InChI=1S/C28H40N2O2/c1-27(2,3)24-7-5-23(6-8-24)26(32)30-10-4-9-29(11-12-30)25(31)19-28-16-20-13-21(17-28)15-22(14-20)18-28/h5-8,20-22H,4,9-19H2,1-3H3. The van der Waals surface area contributed by atoms with Gasteiger partial charge in [0.2, 0.25) is 5.91 Å². The van der Waals surface area contributed by atoms with Crippen molar-refractivity contribution < 1.29 is 9.59 Å². The molecule has 0 unspecified atom stereocenters. The van der Waals surface area contributed by atoms with Crippen molar-refractivity contribution in [3.05, 3.63) is 35.4 Å². The lowest BCUT2D eigenvalue weighted by Crippen LogP contribution is -2.48. The molecule has 4 heteroatoms. The van der Waals surface area contributed by atoms with Crippen molar-refractivity contribution >= 4 is 11.8 Å². The smallest absolute Gasteiger partial charge is 0.253 e. The third-order valence-corrected chi connectivity index (χ3v) is 8.82. The van der Waals surface area contributed by atoms with E-state index in [1.807, 2.05) is 17.0 Å². The summed E-state index contributed by atoms with van der Waals surface area (Å²) in [5.74, 6) is 3.10. The molecule has 0 aromatic heterocycles. The van der Waals surface area contributed by atoms with Crippen molar-refractivity contribution in [1.29, 1.82) is 0 Å². The zero-order valence-corrected chi connectivity index (χ0v) is 20.2. The van der Waals surface area contributed by atoms with Gasteiger partial charge in [-0.25, -0.2) is 0 Å². The molecule has 4 bridgehead atoms. The Bertz CT molecular complexity index is 831. The predicted octanol–water partition coefficient (Wildman–Crippen LogP) is 5.27. The lowest BCUT2D eigenvalue weighted by molar-refractivity contribution is -0.139. The maximum atomic E-state index is 13.3. The second-order valence-corrected chi connectivity index (χ2v) is 12.4. The molecule has 4 saturated carbocycles. The van der Waals surface area contributed by atoms with Crippen LogP contribution in [-0.4, -0.2) is 47.8 Å². The van der Waals surface area contributed by atoms with Crippen LogP contribution in [0.3, 0.4) is 0 Å². The monoisotopic (exact) mass is 436 g/mol. The van der Waals surface area contributed by atoms with Crippen LogP contribution in [0.1, 0.15) is 88.1 Å². The van der Waals surface area contributed by atoms with Gasteiger partial charge in [-0.2, -0.15) is 0 Å². The number of rotatable bonds is 3. The molecule has 174 valence electrons. The second kappa shape index (κ2) is 8.18. The highest BCUT2D eigenvalue weighted by molar-refractivity contribution is 5.94. The normalized spacial score (nSPS) is 32.2. The van der Waals surface area contributed by atoms with Crippen molar-refractivity contribution in [2.24, 2.45) is 23.2 Å². The topological polar surface area (TPSA) is 40.6 Å². The number of nitrogens with zero attached hydrogens (tertiary/aromatic N) is 2. The molecule has 6 rings (SSSR count). The molecule has 1 aromatic carbocycles. The summed E-state index contributed by atoms with van der Waals surface area (Å²) in [4.78, 5) is 30.5. The van der Waals surface area contributed by atoms with Gasteiger partial charge in [0, 0.05) is 38.2 Å². The zero-order chi connectivity index (χ0) is 22.5. The van der Waals surface area contributed by atoms with E-state index in [1.54, 1.807) is 0 Å². The predicted molar refractivity (Wildman–Crippen MR) is 127 cm³/mol. The summed E-state index contributed by atoms with van der Waals surface area (Å²) in [6.07, 6.45) is 9.74.